The number of carboxylic acids is 1. The lowest BCUT2D eigenvalue weighted by Gasteiger charge is -2.41. The molecule has 1 aliphatic heterocycles. The molecule has 1 aliphatic rings. The summed E-state index contributed by atoms with van der Waals surface area (Å²) in [4.78, 5) is 32.8. The van der Waals surface area contributed by atoms with E-state index in [9.17, 15) is 19.8 Å². The van der Waals surface area contributed by atoms with Gasteiger partial charge in [-0.3, -0.25) is 9.78 Å². The number of carbonyl (C=O) groups is 2. The van der Waals surface area contributed by atoms with Crippen LogP contribution in [0, 0.1) is 5.92 Å². The van der Waals surface area contributed by atoms with E-state index in [0.717, 1.165) is 33.4 Å². The van der Waals surface area contributed by atoms with Crippen LogP contribution in [0.15, 0.2) is 121 Å². The first kappa shape index (κ1) is 33.0. The van der Waals surface area contributed by atoms with Crippen LogP contribution in [-0.4, -0.2) is 43.9 Å². The van der Waals surface area contributed by atoms with Crippen molar-refractivity contribution in [1.82, 2.24) is 15.3 Å². The van der Waals surface area contributed by atoms with E-state index in [-0.39, 0.29) is 36.2 Å². The number of pyridine rings is 2. The number of aliphatic hydroxyl groups excluding tert-OH is 1. The van der Waals surface area contributed by atoms with Crippen molar-refractivity contribution < 1.29 is 29.3 Å². The number of nitrogens with zero attached hydrogens (tertiary/aromatic N) is 2. The van der Waals surface area contributed by atoms with Crippen molar-refractivity contribution in [2.75, 3.05) is 5.75 Å². The van der Waals surface area contributed by atoms with Gasteiger partial charge >= 0.3 is 5.97 Å². The molecule has 2 aromatic heterocycles. The van der Waals surface area contributed by atoms with E-state index in [0.29, 0.717) is 22.9 Å². The molecule has 3 heterocycles. The summed E-state index contributed by atoms with van der Waals surface area (Å²) in [6.07, 6.45) is 3.48. The molecule has 0 aliphatic carbocycles. The first-order valence-corrected chi connectivity index (χ1v) is 16.6. The molecular formula is C38H35N3O6S. The lowest BCUT2D eigenvalue weighted by molar-refractivity contribution is -0.268. The third-order valence-corrected chi connectivity index (χ3v) is 9.48. The van der Waals surface area contributed by atoms with Crippen LogP contribution >= 0.6 is 11.8 Å². The summed E-state index contributed by atoms with van der Waals surface area (Å²) in [5.41, 5.74) is 6.22. The average molecular weight is 662 g/mol. The van der Waals surface area contributed by atoms with Gasteiger partial charge in [-0.2, -0.15) is 0 Å². The minimum atomic E-state index is -1.02. The monoisotopic (exact) mass is 661 g/mol. The fourth-order valence-corrected chi connectivity index (χ4v) is 6.84. The number of hydrogen-bond acceptors (Lipinski definition) is 8. The van der Waals surface area contributed by atoms with Crippen LogP contribution in [-0.2, 0) is 22.6 Å². The van der Waals surface area contributed by atoms with E-state index in [2.05, 4.69) is 22.2 Å². The van der Waals surface area contributed by atoms with Gasteiger partial charge in [-0.1, -0.05) is 79.7 Å². The topological polar surface area (TPSA) is 131 Å². The van der Waals surface area contributed by atoms with Crippen LogP contribution in [0.3, 0.4) is 0 Å². The second-order valence-electron chi connectivity index (χ2n) is 11.5. The molecule has 9 nitrogen and oxygen atoms in total. The molecule has 0 radical (unpaired) electrons. The Morgan fingerprint density at radius 1 is 0.875 bits per heavy atom. The maximum atomic E-state index is 12.6. The molecule has 48 heavy (non-hydrogen) atoms. The van der Waals surface area contributed by atoms with Crippen LogP contribution in [0.25, 0.3) is 11.1 Å². The van der Waals surface area contributed by atoms with E-state index < -0.39 is 12.3 Å². The number of thioether (sulfide) groups is 1. The minimum absolute atomic E-state index is 0.0469. The fraction of sp³-hybridized carbons (Fsp3) is 0.211. The standard InChI is InChI=1S/C38H35N3O6S/c1-24-33(23-48-36-32(37(44)45)9-5-19-40-36)46-38(47-34(24)27-12-10-25(22-42)11-13-27)28-16-14-26(15-17-28)31-8-3-2-6-29(31)21-41-35(43)30-7-4-18-39-20-30/h2-20,24,33-34,38,42H,21-23H2,1H3,(H,41,43)(H,44,45). The van der Waals surface area contributed by atoms with Crippen LogP contribution < -0.4 is 5.32 Å². The molecule has 1 fully saturated rings. The number of amides is 1. The summed E-state index contributed by atoms with van der Waals surface area (Å²) < 4.78 is 13.2. The highest BCUT2D eigenvalue weighted by Gasteiger charge is 2.38. The van der Waals surface area contributed by atoms with Gasteiger partial charge in [-0.25, -0.2) is 9.78 Å². The second-order valence-corrected chi connectivity index (χ2v) is 12.5. The molecule has 6 rings (SSSR count). The number of carbonyl (C=O) groups excluding carboxylic acids is 1. The Bertz CT molecular complexity index is 1850. The normalized spacial score (nSPS) is 19.0. The average Bonchev–Trinajstić information content (AvgIpc) is 3.14. The Morgan fingerprint density at radius 2 is 1.62 bits per heavy atom. The molecule has 3 N–H and O–H groups in total. The highest BCUT2D eigenvalue weighted by molar-refractivity contribution is 7.99. The smallest absolute Gasteiger partial charge is 0.338 e. The van der Waals surface area contributed by atoms with Gasteiger partial charge in [-0.05, 0) is 52.1 Å². The van der Waals surface area contributed by atoms with Crippen molar-refractivity contribution >= 4 is 23.6 Å². The summed E-state index contributed by atoms with van der Waals surface area (Å²) in [6, 6.07) is 30.3. The SMILES string of the molecule is CC1C(CSc2ncccc2C(=O)O)OC(c2ccc(-c3ccccc3CNC(=O)c3cccnc3)cc2)OC1c1ccc(CO)cc1. The molecule has 0 saturated carbocycles. The zero-order valence-corrected chi connectivity index (χ0v) is 27.0. The number of hydrogen-bond donors (Lipinski definition) is 3. The Kier molecular flexibility index (Phi) is 10.6. The fourth-order valence-electron chi connectivity index (χ4n) is 5.69. The first-order valence-electron chi connectivity index (χ1n) is 15.6. The number of nitrogens with one attached hydrogen (secondary N) is 1. The quantitative estimate of drug-likeness (QED) is 0.130. The molecule has 244 valence electrons. The minimum Gasteiger partial charge on any atom is -0.478 e. The number of rotatable bonds is 11. The molecule has 0 bridgehead atoms. The largest absolute Gasteiger partial charge is 0.478 e. The number of aliphatic hydroxyl groups is 1. The molecule has 5 aromatic rings. The lowest BCUT2D eigenvalue weighted by atomic mass is 9.91. The van der Waals surface area contributed by atoms with Crippen molar-refractivity contribution in [1.29, 1.82) is 0 Å². The van der Waals surface area contributed by atoms with Crippen LogP contribution in [0.2, 0.25) is 0 Å². The first-order chi connectivity index (χ1) is 23.4. The van der Waals surface area contributed by atoms with Crippen molar-refractivity contribution in [3.8, 4) is 11.1 Å². The van der Waals surface area contributed by atoms with Crippen LogP contribution in [0.4, 0.5) is 0 Å². The lowest BCUT2D eigenvalue weighted by Crippen LogP contribution is -2.38. The Hall–Kier alpha value is -4.87. The van der Waals surface area contributed by atoms with Gasteiger partial charge in [0.05, 0.1) is 29.9 Å². The number of aromatic nitrogens is 2. The summed E-state index contributed by atoms with van der Waals surface area (Å²) in [6.45, 7) is 2.37. The van der Waals surface area contributed by atoms with Gasteiger partial charge in [0.2, 0.25) is 0 Å². The highest BCUT2D eigenvalue weighted by atomic mass is 32.2. The maximum Gasteiger partial charge on any atom is 0.338 e. The molecule has 3 aromatic carbocycles. The maximum absolute atomic E-state index is 12.6. The van der Waals surface area contributed by atoms with Crippen molar-refractivity contribution in [2.45, 2.75) is 43.6 Å². The van der Waals surface area contributed by atoms with Crippen molar-refractivity contribution in [2.24, 2.45) is 5.92 Å². The summed E-state index contributed by atoms with van der Waals surface area (Å²) in [7, 11) is 0. The second kappa shape index (κ2) is 15.4. The summed E-state index contributed by atoms with van der Waals surface area (Å²) in [5.74, 6) is -0.813. The molecule has 4 unspecified atom stereocenters. The number of ether oxygens (including phenoxy) is 2. The predicted octanol–water partition coefficient (Wildman–Crippen LogP) is 6.85. The van der Waals surface area contributed by atoms with Crippen LogP contribution in [0.1, 0.15) is 62.3 Å². The van der Waals surface area contributed by atoms with Gasteiger partial charge in [0, 0.05) is 42.4 Å². The van der Waals surface area contributed by atoms with Gasteiger partial charge in [-0.15, -0.1) is 11.8 Å². The van der Waals surface area contributed by atoms with Gasteiger partial charge in [0.25, 0.3) is 5.91 Å². The molecule has 1 saturated heterocycles. The zero-order valence-electron chi connectivity index (χ0n) is 26.2. The number of carboxylic acid groups (broad SMARTS) is 1. The molecule has 4 atom stereocenters. The van der Waals surface area contributed by atoms with Crippen LogP contribution in [0.5, 0.6) is 0 Å². The van der Waals surface area contributed by atoms with E-state index in [1.807, 2.05) is 72.8 Å². The molecule has 0 spiro atoms. The van der Waals surface area contributed by atoms with Gasteiger partial charge in [0.15, 0.2) is 6.29 Å². The predicted molar refractivity (Wildman–Crippen MR) is 182 cm³/mol. The van der Waals surface area contributed by atoms with E-state index in [4.69, 9.17) is 9.47 Å². The summed E-state index contributed by atoms with van der Waals surface area (Å²) >= 11 is 1.35. The number of benzene rings is 3. The third kappa shape index (κ3) is 7.64. The van der Waals surface area contributed by atoms with E-state index in [1.165, 1.54) is 11.8 Å². The Labute approximate surface area is 283 Å². The van der Waals surface area contributed by atoms with Crippen molar-refractivity contribution in [3.05, 3.63) is 149 Å². The van der Waals surface area contributed by atoms with E-state index in [1.54, 1.807) is 42.9 Å². The van der Waals surface area contributed by atoms with E-state index >= 15 is 0 Å². The zero-order chi connectivity index (χ0) is 33.5. The van der Waals surface area contributed by atoms with Gasteiger partial charge < -0.3 is 25.0 Å². The van der Waals surface area contributed by atoms with Crippen molar-refractivity contribution in [3.63, 3.8) is 0 Å². The van der Waals surface area contributed by atoms with Gasteiger partial charge in [0.1, 0.15) is 5.03 Å². The Balaban J connectivity index is 1.22. The number of aromatic carboxylic acids is 1. The third-order valence-electron chi connectivity index (χ3n) is 8.38. The molecule has 1 amide bonds. The Morgan fingerprint density at radius 3 is 2.35 bits per heavy atom. The molecular weight excluding hydrogens is 627 g/mol. The highest BCUT2D eigenvalue weighted by Crippen LogP contribution is 2.43. The molecule has 10 heteroatoms. The summed E-state index contributed by atoms with van der Waals surface area (Å²) in [5, 5.41) is 22.6.